The summed E-state index contributed by atoms with van der Waals surface area (Å²) in [5, 5.41) is 7.44. The van der Waals surface area contributed by atoms with E-state index in [2.05, 4.69) is 10.4 Å². The number of ether oxygens (including phenoxy) is 1. The number of nitrogens with zero attached hydrogens (tertiary/aromatic N) is 2. The number of amides is 1. The molecule has 1 aliphatic heterocycles. The molecular formula is C22H23N3O4S. The van der Waals surface area contributed by atoms with Gasteiger partial charge in [-0.1, -0.05) is 17.7 Å². The smallest absolute Gasteiger partial charge is 0.257 e. The van der Waals surface area contributed by atoms with Crippen LogP contribution in [-0.2, 0) is 21.3 Å². The first-order chi connectivity index (χ1) is 14.2. The normalized spacial score (nSPS) is 14.4. The van der Waals surface area contributed by atoms with Crippen molar-refractivity contribution >= 4 is 21.6 Å². The minimum atomic E-state index is -3.26. The summed E-state index contributed by atoms with van der Waals surface area (Å²) in [5.74, 6) is 0.529. The van der Waals surface area contributed by atoms with Crippen LogP contribution in [0.4, 0.5) is 5.82 Å². The van der Waals surface area contributed by atoms with E-state index in [0.29, 0.717) is 34.1 Å². The van der Waals surface area contributed by atoms with Crippen molar-refractivity contribution in [3.63, 3.8) is 0 Å². The van der Waals surface area contributed by atoms with Crippen LogP contribution in [0.15, 0.2) is 36.4 Å². The lowest BCUT2D eigenvalue weighted by Gasteiger charge is -2.14. The van der Waals surface area contributed by atoms with Gasteiger partial charge in [-0.3, -0.25) is 4.79 Å². The van der Waals surface area contributed by atoms with E-state index < -0.39 is 9.84 Å². The molecule has 0 fully saturated rings. The Morgan fingerprint density at radius 1 is 1.07 bits per heavy atom. The largest absolute Gasteiger partial charge is 0.497 e. The average Bonchev–Trinajstić information content (AvgIpc) is 3.13. The molecule has 2 aromatic carbocycles. The molecule has 8 heteroatoms. The molecular weight excluding hydrogens is 402 g/mol. The molecule has 0 radical (unpaired) electrons. The van der Waals surface area contributed by atoms with E-state index in [1.807, 2.05) is 45.0 Å². The lowest BCUT2D eigenvalue weighted by Crippen LogP contribution is -2.19. The minimum absolute atomic E-state index is 0.128. The van der Waals surface area contributed by atoms with Gasteiger partial charge in [-0.25, -0.2) is 13.1 Å². The van der Waals surface area contributed by atoms with Gasteiger partial charge in [0.2, 0.25) is 0 Å². The molecule has 0 unspecified atom stereocenters. The number of benzene rings is 2. The van der Waals surface area contributed by atoms with Gasteiger partial charge in [0.05, 0.1) is 30.0 Å². The monoisotopic (exact) mass is 425 g/mol. The number of rotatable bonds is 4. The molecule has 2 heterocycles. The Balaban J connectivity index is 1.79. The topological polar surface area (TPSA) is 90.3 Å². The number of carbonyl (C=O) groups excluding carboxylic acids is 1. The molecule has 1 N–H and O–H groups in total. The van der Waals surface area contributed by atoms with Gasteiger partial charge < -0.3 is 10.1 Å². The summed E-state index contributed by atoms with van der Waals surface area (Å²) in [4.78, 5) is 13.2. The Kier molecular flexibility index (Phi) is 4.89. The number of aromatic nitrogens is 2. The maximum Gasteiger partial charge on any atom is 0.257 e. The van der Waals surface area contributed by atoms with E-state index in [0.717, 1.165) is 16.7 Å². The van der Waals surface area contributed by atoms with E-state index in [1.54, 1.807) is 23.9 Å². The van der Waals surface area contributed by atoms with Gasteiger partial charge in [-0.2, -0.15) is 5.10 Å². The molecule has 0 atom stereocenters. The Hall–Kier alpha value is -3.13. The van der Waals surface area contributed by atoms with Crippen LogP contribution >= 0.6 is 0 Å². The fourth-order valence-corrected chi connectivity index (χ4v) is 5.48. The first-order valence-corrected chi connectivity index (χ1v) is 11.4. The van der Waals surface area contributed by atoms with Gasteiger partial charge in [0.25, 0.3) is 5.91 Å². The summed E-state index contributed by atoms with van der Waals surface area (Å²) in [6, 6.07) is 11.1. The second-order valence-corrected chi connectivity index (χ2v) is 9.71. The predicted molar refractivity (Wildman–Crippen MR) is 115 cm³/mol. The van der Waals surface area contributed by atoms with Crippen molar-refractivity contribution in [3.8, 4) is 11.4 Å². The highest BCUT2D eigenvalue weighted by molar-refractivity contribution is 7.90. The molecule has 0 saturated carbocycles. The van der Waals surface area contributed by atoms with Crippen molar-refractivity contribution in [1.82, 2.24) is 9.78 Å². The highest BCUT2D eigenvalue weighted by Crippen LogP contribution is 2.34. The molecule has 0 saturated heterocycles. The van der Waals surface area contributed by atoms with E-state index in [-0.39, 0.29) is 17.4 Å². The highest BCUT2D eigenvalue weighted by Gasteiger charge is 2.33. The van der Waals surface area contributed by atoms with Gasteiger partial charge in [0.15, 0.2) is 9.84 Å². The van der Waals surface area contributed by atoms with Crippen molar-refractivity contribution in [2.24, 2.45) is 0 Å². The van der Waals surface area contributed by atoms with E-state index in [1.165, 1.54) is 0 Å². The maximum absolute atomic E-state index is 13.2. The Morgan fingerprint density at radius 3 is 2.30 bits per heavy atom. The molecule has 0 spiro atoms. The first kappa shape index (κ1) is 20.2. The number of hydrogen-bond donors (Lipinski definition) is 1. The number of sulfone groups is 1. The molecule has 4 rings (SSSR count). The molecule has 1 aromatic heterocycles. The molecule has 30 heavy (non-hydrogen) atoms. The van der Waals surface area contributed by atoms with Crippen LogP contribution in [0.3, 0.4) is 0 Å². The van der Waals surface area contributed by atoms with E-state index in [4.69, 9.17) is 4.74 Å². The number of methoxy groups -OCH3 is 1. The Morgan fingerprint density at radius 2 is 1.70 bits per heavy atom. The van der Waals surface area contributed by atoms with Crippen molar-refractivity contribution in [3.05, 3.63) is 69.9 Å². The highest BCUT2D eigenvalue weighted by atomic mass is 32.2. The second-order valence-electron chi connectivity index (χ2n) is 7.64. The van der Waals surface area contributed by atoms with Crippen molar-refractivity contribution < 1.29 is 17.9 Å². The lowest BCUT2D eigenvalue weighted by atomic mass is 9.99. The zero-order chi connectivity index (χ0) is 21.6. The minimum Gasteiger partial charge on any atom is -0.497 e. The van der Waals surface area contributed by atoms with Crippen molar-refractivity contribution in [2.75, 3.05) is 12.4 Å². The standard InChI is InChI=1S/C22H23N3O4S/c1-13-9-14(2)20(15(3)10-13)22(26)23-21-18-11-30(27,28)12-19(18)24-25(21)16-5-7-17(29-4)8-6-16/h5-10H,11-12H2,1-4H3,(H,23,26). The number of aryl methyl sites for hydroxylation is 3. The van der Waals surface area contributed by atoms with Gasteiger partial charge in [0.1, 0.15) is 11.6 Å². The van der Waals surface area contributed by atoms with Crippen LogP contribution < -0.4 is 10.1 Å². The summed E-state index contributed by atoms with van der Waals surface area (Å²) in [5.41, 5.74) is 5.11. The third kappa shape index (κ3) is 3.59. The number of nitrogens with one attached hydrogen (secondary N) is 1. The van der Waals surface area contributed by atoms with Crippen LogP contribution in [-0.4, -0.2) is 31.2 Å². The summed E-state index contributed by atoms with van der Waals surface area (Å²) < 4.78 is 31.1. The first-order valence-electron chi connectivity index (χ1n) is 9.53. The van der Waals surface area contributed by atoms with Crippen LogP contribution in [0.2, 0.25) is 0 Å². The summed E-state index contributed by atoms with van der Waals surface area (Å²) in [6.45, 7) is 5.77. The number of fused-ring (bicyclic) bond motifs is 1. The van der Waals surface area contributed by atoms with Crippen molar-refractivity contribution in [2.45, 2.75) is 32.3 Å². The van der Waals surface area contributed by atoms with Crippen molar-refractivity contribution in [1.29, 1.82) is 0 Å². The molecule has 0 bridgehead atoms. The third-order valence-corrected chi connectivity index (χ3v) is 6.68. The fraction of sp³-hybridized carbons (Fsp3) is 0.273. The van der Waals surface area contributed by atoms with Crippen LogP contribution in [0.1, 0.15) is 38.3 Å². The lowest BCUT2D eigenvalue weighted by molar-refractivity contribution is 0.102. The number of anilines is 1. The van der Waals surface area contributed by atoms with Crippen LogP contribution in [0.25, 0.3) is 5.69 Å². The molecule has 1 amide bonds. The quantitative estimate of drug-likeness (QED) is 0.691. The number of carbonyl (C=O) groups is 1. The molecule has 156 valence electrons. The summed E-state index contributed by atoms with van der Waals surface area (Å²) in [7, 11) is -1.68. The van der Waals surface area contributed by atoms with Crippen LogP contribution in [0.5, 0.6) is 5.75 Å². The summed E-state index contributed by atoms with van der Waals surface area (Å²) in [6.07, 6.45) is 0. The fourth-order valence-electron chi connectivity index (χ4n) is 3.99. The van der Waals surface area contributed by atoms with Gasteiger partial charge in [0, 0.05) is 11.1 Å². The molecule has 1 aliphatic rings. The van der Waals surface area contributed by atoms with E-state index >= 15 is 0 Å². The van der Waals surface area contributed by atoms with E-state index in [9.17, 15) is 13.2 Å². The Labute approximate surface area is 175 Å². The third-order valence-electron chi connectivity index (χ3n) is 5.24. The molecule has 0 aliphatic carbocycles. The van der Waals surface area contributed by atoms with Crippen LogP contribution in [0, 0.1) is 20.8 Å². The van der Waals surface area contributed by atoms with Gasteiger partial charge in [-0.15, -0.1) is 0 Å². The van der Waals surface area contributed by atoms with Gasteiger partial charge >= 0.3 is 0 Å². The molecule has 3 aromatic rings. The molecule has 7 nitrogen and oxygen atoms in total. The predicted octanol–water partition coefficient (Wildman–Crippen LogP) is 3.49. The Bertz CT molecular complexity index is 1240. The summed E-state index contributed by atoms with van der Waals surface area (Å²) >= 11 is 0. The zero-order valence-electron chi connectivity index (χ0n) is 17.3. The van der Waals surface area contributed by atoms with Gasteiger partial charge in [-0.05, 0) is 56.2 Å². The number of hydrogen-bond acceptors (Lipinski definition) is 5. The SMILES string of the molecule is COc1ccc(-n2nc3c(c2NC(=O)c2c(C)cc(C)cc2C)CS(=O)(=O)C3)cc1. The average molecular weight is 426 g/mol. The maximum atomic E-state index is 13.2. The second kappa shape index (κ2) is 7.28. The zero-order valence-corrected chi connectivity index (χ0v) is 18.1.